The fourth-order valence-corrected chi connectivity index (χ4v) is 1.28. The van der Waals surface area contributed by atoms with Gasteiger partial charge in [-0.3, -0.25) is 14.5 Å². The third-order valence-corrected chi connectivity index (χ3v) is 2.29. The molecule has 1 saturated heterocycles. The molecule has 0 unspecified atom stereocenters. The van der Waals surface area contributed by atoms with E-state index in [2.05, 4.69) is 6.58 Å². The third kappa shape index (κ3) is 6.15. The van der Waals surface area contributed by atoms with Gasteiger partial charge in [0.15, 0.2) is 0 Å². The maximum atomic E-state index is 11.1. The van der Waals surface area contributed by atoms with Crippen molar-refractivity contribution < 1.29 is 24.6 Å². The highest BCUT2D eigenvalue weighted by Gasteiger charge is 2.24. The highest BCUT2D eigenvalue weighted by atomic mass is 16.4. The summed E-state index contributed by atoms with van der Waals surface area (Å²) in [6.45, 7) is 5.00. The lowest BCUT2D eigenvalue weighted by molar-refractivity contribution is -0.148. The minimum Gasteiger partial charge on any atom is -0.478 e. The average Bonchev–Trinajstić information content (AvgIpc) is 2.29. The smallest absolute Gasteiger partial charge is 0.330 e. The first-order valence-corrected chi connectivity index (χ1v) is 5.73. The number of aliphatic hydroxyl groups is 1. The zero-order valence-electron chi connectivity index (χ0n) is 10.5. The van der Waals surface area contributed by atoms with Crippen molar-refractivity contribution in [1.82, 2.24) is 4.90 Å². The van der Waals surface area contributed by atoms with E-state index < -0.39 is 5.97 Å². The van der Waals surface area contributed by atoms with Crippen molar-refractivity contribution >= 4 is 17.8 Å². The lowest BCUT2D eigenvalue weighted by Gasteiger charge is -2.24. The Hall–Kier alpha value is -1.69. The van der Waals surface area contributed by atoms with Crippen LogP contribution in [-0.2, 0) is 14.4 Å². The molecule has 6 heteroatoms. The summed E-state index contributed by atoms with van der Waals surface area (Å²) < 4.78 is 0. The summed E-state index contributed by atoms with van der Waals surface area (Å²) in [6.07, 6.45) is 2.10. The Bertz CT molecular complexity index is 309. The summed E-state index contributed by atoms with van der Waals surface area (Å²) in [4.78, 5) is 33.1. The number of carboxylic acids is 1. The van der Waals surface area contributed by atoms with Crippen LogP contribution in [0.1, 0.15) is 32.6 Å². The van der Waals surface area contributed by atoms with Crippen LogP contribution in [0.3, 0.4) is 0 Å². The molecule has 1 rings (SSSR count). The molecular formula is C12H19NO5. The number of carbonyl (C=O) groups is 3. The van der Waals surface area contributed by atoms with Crippen LogP contribution in [0, 0.1) is 0 Å². The molecule has 0 aliphatic carbocycles. The van der Waals surface area contributed by atoms with Crippen molar-refractivity contribution in [2.24, 2.45) is 0 Å². The Kier molecular flexibility index (Phi) is 7.62. The summed E-state index contributed by atoms with van der Waals surface area (Å²) in [6, 6.07) is 0. The second-order valence-electron chi connectivity index (χ2n) is 3.96. The van der Waals surface area contributed by atoms with Gasteiger partial charge in [0, 0.05) is 31.6 Å². The van der Waals surface area contributed by atoms with Gasteiger partial charge in [-0.2, -0.15) is 0 Å². The number of imide groups is 1. The van der Waals surface area contributed by atoms with E-state index in [0.29, 0.717) is 32.2 Å². The molecule has 0 radical (unpaired) electrons. The van der Waals surface area contributed by atoms with Crippen LogP contribution < -0.4 is 0 Å². The molecule has 0 aromatic heterocycles. The Balaban J connectivity index is 0.000000411. The average molecular weight is 257 g/mol. The minimum atomic E-state index is -0.935. The highest BCUT2D eigenvalue weighted by Crippen LogP contribution is 2.11. The summed E-state index contributed by atoms with van der Waals surface area (Å²) in [5, 5.41) is 16.4. The number of carbonyl (C=O) groups excluding carboxylic acids is 2. The number of likely N-dealkylation sites (tertiary alicyclic amines) is 1. The Morgan fingerprint density at radius 2 is 1.78 bits per heavy atom. The van der Waals surface area contributed by atoms with E-state index in [1.54, 1.807) is 0 Å². The molecular weight excluding hydrogens is 238 g/mol. The van der Waals surface area contributed by atoms with Gasteiger partial charge in [0.1, 0.15) is 0 Å². The first-order valence-electron chi connectivity index (χ1n) is 5.73. The molecule has 1 fully saturated rings. The van der Waals surface area contributed by atoms with Crippen LogP contribution in [0.5, 0.6) is 0 Å². The zero-order valence-corrected chi connectivity index (χ0v) is 10.5. The Morgan fingerprint density at radius 1 is 1.33 bits per heavy atom. The summed E-state index contributed by atoms with van der Waals surface area (Å²) in [5.41, 5.74) is 0.176. The molecule has 102 valence electrons. The van der Waals surface area contributed by atoms with Crippen LogP contribution in [0.4, 0.5) is 0 Å². The second-order valence-corrected chi connectivity index (χ2v) is 3.96. The first-order chi connectivity index (χ1) is 8.40. The highest BCUT2D eigenvalue weighted by molar-refractivity contribution is 5.97. The van der Waals surface area contributed by atoms with E-state index in [1.807, 2.05) is 0 Å². The number of piperidine rings is 1. The number of hydrogen-bond acceptors (Lipinski definition) is 4. The molecule has 1 aliphatic rings. The maximum Gasteiger partial charge on any atom is 0.330 e. The molecule has 6 nitrogen and oxygen atoms in total. The van der Waals surface area contributed by atoms with E-state index in [4.69, 9.17) is 10.2 Å². The van der Waals surface area contributed by atoms with Crippen LogP contribution >= 0.6 is 0 Å². The van der Waals surface area contributed by atoms with Crippen LogP contribution in [0.2, 0.25) is 0 Å². The van der Waals surface area contributed by atoms with Crippen LogP contribution in [0.15, 0.2) is 12.2 Å². The molecule has 1 heterocycles. The molecule has 0 aromatic carbocycles. The van der Waals surface area contributed by atoms with Crippen molar-refractivity contribution in [3.8, 4) is 0 Å². The lowest BCUT2D eigenvalue weighted by Crippen LogP contribution is -2.40. The molecule has 0 bridgehead atoms. The molecule has 1 aliphatic heterocycles. The van der Waals surface area contributed by atoms with Gasteiger partial charge in [0.2, 0.25) is 11.8 Å². The van der Waals surface area contributed by atoms with Crippen molar-refractivity contribution in [2.45, 2.75) is 32.6 Å². The van der Waals surface area contributed by atoms with Gasteiger partial charge in [-0.1, -0.05) is 6.58 Å². The number of carboxylic acid groups (broad SMARTS) is 1. The van der Waals surface area contributed by atoms with Gasteiger partial charge in [-0.05, 0) is 19.8 Å². The van der Waals surface area contributed by atoms with E-state index in [9.17, 15) is 14.4 Å². The van der Waals surface area contributed by atoms with Gasteiger partial charge in [0.25, 0.3) is 0 Å². The van der Waals surface area contributed by atoms with Gasteiger partial charge < -0.3 is 10.2 Å². The lowest BCUT2D eigenvalue weighted by atomic mass is 10.1. The molecule has 2 amide bonds. The summed E-state index contributed by atoms with van der Waals surface area (Å²) in [7, 11) is 0. The van der Waals surface area contributed by atoms with Crippen molar-refractivity contribution in [3.05, 3.63) is 12.2 Å². The monoisotopic (exact) mass is 257 g/mol. The molecule has 0 aromatic rings. The van der Waals surface area contributed by atoms with E-state index in [-0.39, 0.29) is 24.0 Å². The van der Waals surface area contributed by atoms with Crippen molar-refractivity contribution in [1.29, 1.82) is 0 Å². The first kappa shape index (κ1) is 16.3. The number of aliphatic hydroxyl groups excluding tert-OH is 1. The Morgan fingerprint density at radius 3 is 2.11 bits per heavy atom. The quantitative estimate of drug-likeness (QED) is 0.566. The molecule has 0 spiro atoms. The van der Waals surface area contributed by atoms with E-state index in [1.165, 1.54) is 11.8 Å². The number of rotatable bonds is 4. The van der Waals surface area contributed by atoms with E-state index >= 15 is 0 Å². The predicted octanol–water partition coefficient (Wildman–Crippen LogP) is 0.555. The van der Waals surface area contributed by atoms with Gasteiger partial charge in [-0.25, -0.2) is 4.79 Å². The number of hydrogen-bond donors (Lipinski definition) is 2. The van der Waals surface area contributed by atoms with Crippen molar-refractivity contribution in [3.63, 3.8) is 0 Å². The summed E-state index contributed by atoms with van der Waals surface area (Å²) in [5.74, 6) is -1.13. The normalized spacial score (nSPS) is 14.9. The standard InChI is InChI=1S/C8H13NO3.C4H6O2/c10-6-2-5-9-7(11)3-1-4-8(9)12;1-3(2)4(5)6/h10H,1-6H2;1H2,2H3,(H,5,6). The SMILES string of the molecule is C=C(C)C(=O)O.O=C1CCCC(=O)N1CCCO. The van der Waals surface area contributed by atoms with E-state index in [0.717, 1.165) is 0 Å². The van der Waals surface area contributed by atoms with Gasteiger partial charge in [-0.15, -0.1) is 0 Å². The van der Waals surface area contributed by atoms with Crippen molar-refractivity contribution in [2.75, 3.05) is 13.2 Å². The predicted molar refractivity (Wildman–Crippen MR) is 64.7 cm³/mol. The largest absolute Gasteiger partial charge is 0.478 e. The van der Waals surface area contributed by atoms with Gasteiger partial charge >= 0.3 is 5.97 Å². The maximum absolute atomic E-state index is 11.1. The third-order valence-electron chi connectivity index (χ3n) is 2.29. The number of aliphatic carboxylic acids is 1. The Labute approximate surface area is 106 Å². The molecule has 0 atom stereocenters. The fraction of sp³-hybridized carbons (Fsp3) is 0.583. The zero-order chi connectivity index (χ0) is 14.1. The van der Waals surface area contributed by atoms with Gasteiger partial charge in [0.05, 0.1) is 0 Å². The molecule has 18 heavy (non-hydrogen) atoms. The minimum absolute atomic E-state index is 0.0249. The number of amides is 2. The number of nitrogens with zero attached hydrogens (tertiary/aromatic N) is 1. The summed E-state index contributed by atoms with van der Waals surface area (Å²) >= 11 is 0. The molecule has 2 N–H and O–H groups in total. The topological polar surface area (TPSA) is 94.9 Å². The molecule has 0 saturated carbocycles. The second kappa shape index (κ2) is 8.41. The van der Waals surface area contributed by atoms with Crippen LogP contribution in [-0.4, -0.2) is 46.0 Å². The fourth-order valence-electron chi connectivity index (χ4n) is 1.28. The van der Waals surface area contributed by atoms with Crippen LogP contribution in [0.25, 0.3) is 0 Å².